The lowest BCUT2D eigenvalue weighted by molar-refractivity contribution is 0.00618. The summed E-state index contributed by atoms with van der Waals surface area (Å²) >= 11 is 0. The molecule has 2 nitrogen and oxygen atoms in total. The van der Waals surface area contributed by atoms with Gasteiger partial charge in [-0.1, -0.05) is 44.2 Å². The molecule has 90 valence electrons. The molecule has 16 heavy (non-hydrogen) atoms. The third-order valence-corrected chi connectivity index (χ3v) is 2.32. The minimum absolute atomic E-state index is 0.142. The molecule has 1 N–H and O–H groups in total. The number of nitrogens with one attached hydrogen (secondary N) is 1. The van der Waals surface area contributed by atoms with Crippen molar-refractivity contribution in [1.82, 2.24) is 5.32 Å². The van der Waals surface area contributed by atoms with Crippen LogP contribution in [0.3, 0.4) is 0 Å². The third-order valence-electron chi connectivity index (χ3n) is 2.32. The Hall–Kier alpha value is -0.860. The average Bonchev–Trinajstić information content (AvgIpc) is 2.25. The van der Waals surface area contributed by atoms with E-state index in [1.807, 2.05) is 6.07 Å². The summed E-state index contributed by atoms with van der Waals surface area (Å²) in [5, 5.41) is 3.42. The SMILES string of the molecule is CC(C)NCC(OC(C)C)c1ccccc1. The molecule has 0 amide bonds. The van der Waals surface area contributed by atoms with Gasteiger partial charge in [0.15, 0.2) is 0 Å². The fraction of sp³-hybridized carbons (Fsp3) is 0.571. The number of hydrogen-bond donors (Lipinski definition) is 1. The maximum absolute atomic E-state index is 5.92. The van der Waals surface area contributed by atoms with E-state index in [0.29, 0.717) is 6.04 Å². The highest BCUT2D eigenvalue weighted by Crippen LogP contribution is 2.18. The Kier molecular flexibility index (Phi) is 5.50. The van der Waals surface area contributed by atoms with Crippen LogP contribution >= 0.6 is 0 Å². The summed E-state index contributed by atoms with van der Waals surface area (Å²) in [6, 6.07) is 10.9. The first kappa shape index (κ1) is 13.2. The Labute approximate surface area is 99.0 Å². The van der Waals surface area contributed by atoms with Crippen molar-refractivity contribution in [2.24, 2.45) is 0 Å². The topological polar surface area (TPSA) is 21.3 Å². The van der Waals surface area contributed by atoms with Gasteiger partial charge in [0.1, 0.15) is 0 Å². The Morgan fingerprint density at radius 3 is 2.19 bits per heavy atom. The van der Waals surface area contributed by atoms with E-state index in [2.05, 4.69) is 57.3 Å². The second-order valence-corrected chi connectivity index (χ2v) is 4.65. The van der Waals surface area contributed by atoms with Gasteiger partial charge >= 0.3 is 0 Å². The van der Waals surface area contributed by atoms with Crippen LogP contribution < -0.4 is 5.32 Å². The summed E-state index contributed by atoms with van der Waals surface area (Å²) in [6.07, 6.45) is 0.391. The van der Waals surface area contributed by atoms with Crippen LogP contribution in [-0.2, 0) is 4.74 Å². The predicted octanol–water partition coefficient (Wildman–Crippen LogP) is 3.15. The highest BCUT2D eigenvalue weighted by atomic mass is 16.5. The van der Waals surface area contributed by atoms with Gasteiger partial charge in [-0.25, -0.2) is 0 Å². The van der Waals surface area contributed by atoms with E-state index in [1.54, 1.807) is 0 Å². The fourth-order valence-corrected chi connectivity index (χ4v) is 1.58. The monoisotopic (exact) mass is 221 g/mol. The van der Waals surface area contributed by atoms with E-state index in [0.717, 1.165) is 6.54 Å². The Morgan fingerprint density at radius 2 is 1.69 bits per heavy atom. The van der Waals surface area contributed by atoms with Crippen molar-refractivity contribution in [2.45, 2.75) is 45.9 Å². The van der Waals surface area contributed by atoms with Crippen molar-refractivity contribution >= 4 is 0 Å². The third kappa shape index (κ3) is 4.77. The molecule has 2 heteroatoms. The van der Waals surface area contributed by atoms with Crippen LogP contribution in [0.4, 0.5) is 0 Å². The molecule has 0 saturated heterocycles. The number of rotatable bonds is 6. The van der Waals surface area contributed by atoms with Gasteiger partial charge in [-0.15, -0.1) is 0 Å². The summed E-state index contributed by atoms with van der Waals surface area (Å²) in [6.45, 7) is 9.31. The zero-order valence-corrected chi connectivity index (χ0v) is 10.7. The van der Waals surface area contributed by atoms with E-state index >= 15 is 0 Å². The van der Waals surface area contributed by atoms with Gasteiger partial charge in [0, 0.05) is 12.6 Å². The van der Waals surface area contributed by atoms with Crippen LogP contribution in [0.15, 0.2) is 30.3 Å². The molecule has 0 aromatic heterocycles. The Morgan fingerprint density at radius 1 is 1.06 bits per heavy atom. The van der Waals surface area contributed by atoms with E-state index < -0.39 is 0 Å². The van der Waals surface area contributed by atoms with E-state index in [1.165, 1.54) is 5.56 Å². The zero-order valence-electron chi connectivity index (χ0n) is 10.7. The molecule has 0 aliphatic rings. The highest BCUT2D eigenvalue weighted by molar-refractivity contribution is 5.18. The van der Waals surface area contributed by atoms with Crippen LogP contribution in [0.2, 0.25) is 0 Å². The van der Waals surface area contributed by atoms with Gasteiger partial charge in [0.25, 0.3) is 0 Å². The maximum Gasteiger partial charge on any atom is 0.0952 e. The standard InChI is InChI=1S/C14H23NO/c1-11(2)15-10-14(16-12(3)4)13-8-6-5-7-9-13/h5-9,11-12,14-15H,10H2,1-4H3. The summed E-state index contributed by atoms with van der Waals surface area (Å²) in [5.41, 5.74) is 1.24. The Bertz CT molecular complexity index is 282. The second-order valence-electron chi connectivity index (χ2n) is 4.65. The molecule has 0 aliphatic carbocycles. The molecule has 1 atom stereocenters. The van der Waals surface area contributed by atoms with Crippen molar-refractivity contribution in [2.75, 3.05) is 6.54 Å². The molecule has 0 bridgehead atoms. The molecule has 0 fully saturated rings. The fourth-order valence-electron chi connectivity index (χ4n) is 1.58. The number of hydrogen-bond acceptors (Lipinski definition) is 2. The van der Waals surface area contributed by atoms with Gasteiger partial charge in [0.05, 0.1) is 12.2 Å². The molecule has 0 heterocycles. The molecule has 1 rings (SSSR count). The highest BCUT2D eigenvalue weighted by Gasteiger charge is 2.13. The van der Waals surface area contributed by atoms with Crippen LogP contribution in [0.1, 0.15) is 39.4 Å². The molecule has 1 aromatic rings. The Balaban J connectivity index is 2.64. The molecular weight excluding hydrogens is 198 g/mol. The lowest BCUT2D eigenvalue weighted by Gasteiger charge is -2.22. The first-order valence-electron chi connectivity index (χ1n) is 6.03. The van der Waals surface area contributed by atoms with Crippen molar-refractivity contribution in [3.8, 4) is 0 Å². The predicted molar refractivity (Wildman–Crippen MR) is 68.5 cm³/mol. The zero-order chi connectivity index (χ0) is 12.0. The largest absolute Gasteiger partial charge is 0.370 e. The smallest absolute Gasteiger partial charge is 0.0952 e. The van der Waals surface area contributed by atoms with Crippen molar-refractivity contribution in [3.63, 3.8) is 0 Å². The summed E-state index contributed by atoms with van der Waals surface area (Å²) in [4.78, 5) is 0. The van der Waals surface area contributed by atoms with Gasteiger partial charge in [-0.05, 0) is 19.4 Å². The molecule has 1 unspecified atom stereocenters. The minimum Gasteiger partial charge on any atom is -0.370 e. The second kappa shape index (κ2) is 6.66. The van der Waals surface area contributed by atoms with Gasteiger partial charge < -0.3 is 10.1 Å². The summed E-state index contributed by atoms with van der Waals surface area (Å²) in [7, 11) is 0. The van der Waals surface area contributed by atoms with Gasteiger partial charge in [-0.2, -0.15) is 0 Å². The maximum atomic E-state index is 5.92. The van der Waals surface area contributed by atoms with Crippen molar-refractivity contribution < 1.29 is 4.74 Å². The van der Waals surface area contributed by atoms with Gasteiger partial charge in [-0.3, -0.25) is 0 Å². The quantitative estimate of drug-likeness (QED) is 0.796. The molecular formula is C14H23NO. The first-order valence-corrected chi connectivity index (χ1v) is 6.03. The molecule has 1 aromatic carbocycles. The minimum atomic E-state index is 0.142. The van der Waals surface area contributed by atoms with Crippen LogP contribution in [0.5, 0.6) is 0 Å². The molecule has 0 spiro atoms. The molecule has 0 aliphatic heterocycles. The number of benzene rings is 1. The van der Waals surface area contributed by atoms with Crippen molar-refractivity contribution in [3.05, 3.63) is 35.9 Å². The lowest BCUT2D eigenvalue weighted by atomic mass is 10.1. The van der Waals surface area contributed by atoms with Crippen LogP contribution in [0.25, 0.3) is 0 Å². The van der Waals surface area contributed by atoms with Crippen LogP contribution in [0, 0.1) is 0 Å². The molecule has 0 radical (unpaired) electrons. The number of ether oxygens (including phenoxy) is 1. The molecule has 0 saturated carbocycles. The van der Waals surface area contributed by atoms with E-state index in [-0.39, 0.29) is 12.2 Å². The van der Waals surface area contributed by atoms with Gasteiger partial charge in [0.2, 0.25) is 0 Å². The lowest BCUT2D eigenvalue weighted by Crippen LogP contribution is -2.30. The van der Waals surface area contributed by atoms with E-state index in [4.69, 9.17) is 4.74 Å². The summed E-state index contributed by atoms with van der Waals surface area (Å²) < 4.78 is 5.92. The van der Waals surface area contributed by atoms with Crippen molar-refractivity contribution in [1.29, 1.82) is 0 Å². The van der Waals surface area contributed by atoms with Crippen LogP contribution in [-0.4, -0.2) is 18.7 Å². The normalized spacial score (nSPS) is 13.4. The first-order chi connectivity index (χ1) is 7.59. The average molecular weight is 221 g/mol. The van der Waals surface area contributed by atoms with E-state index in [9.17, 15) is 0 Å². The summed E-state index contributed by atoms with van der Waals surface area (Å²) in [5.74, 6) is 0.